The first-order valence-electron chi connectivity index (χ1n) is 11.9. The van der Waals surface area contributed by atoms with E-state index >= 15 is 0 Å². The average Bonchev–Trinajstić information content (AvgIpc) is 3.17. The molecule has 176 valence electrons. The smallest absolute Gasteiger partial charge is 0.194 e. The van der Waals surface area contributed by atoms with Gasteiger partial charge in [-0.2, -0.15) is 5.10 Å². The molecule has 32 heavy (non-hydrogen) atoms. The van der Waals surface area contributed by atoms with Crippen LogP contribution in [0.1, 0.15) is 56.4 Å². The average molecular weight is 441 g/mol. The Hall–Kier alpha value is -2.54. The molecule has 2 N–H and O–H groups in total. The SMILES string of the molecule is CCNC(=NCc1ccc(N2CCC(CO)CC2)cc1)N(C)Cc1cn(C)nc1C(C)C. The summed E-state index contributed by atoms with van der Waals surface area (Å²) in [5.41, 5.74) is 4.85. The fourth-order valence-corrected chi connectivity index (χ4v) is 4.31. The number of aliphatic hydroxyl groups is 1. The van der Waals surface area contributed by atoms with Gasteiger partial charge in [-0.3, -0.25) is 4.68 Å². The number of nitrogens with zero attached hydrogens (tertiary/aromatic N) is 5. The Bertz CT molecular complexity index is 865. The molecule has 1 aliphatic rings. The van der Waals surface area contributed by atoms with Crippen molar-refractivity contribution >= 4 is 11.6 Å². The van der Waals surface area contributed by atoms with Crippen molar-refractivity contribution in [3.05, 3.63) is 47.3 Å². The Labute approximate surface area is 193 Å². The molecule has 1 aromatic carbocycles. The number of hydrogen-bond acceptors (Lipinski definition) is 4. The van der Waals surface area contributed by atoms with Gasteiger partial charge in [0.1, 0.15) is 0 Å². The molecule has 0 saturated carbocycles. The van der Waals surface area contributed by atoms with Gasteiger partial charge in [-0.15, -0.1) is 0 Å². The van der Waals surface area contributed by atoms with Crippen molar-refractivity contribution in [2.45, 2.75) is 52.6 Å². The van der Waals surface area contributed by atoms with Crippen molar-refractivity contribution in [1.82, 2.24) is 20.0 Å². The summed E-state index contributed by atoms with van der Waals surface area (Å²) in [5, 5.41) is 17.4. The second-order valence-electron chi connectivity index (χ2n) is 9.17. The second-order valence-corrected chi connectivity index (χ2v) is 9.17. The number of aryl methyl sites for hydroxylation is 1. The zero-order valence-electron chi connectivity index (χ0n) is 20.4. The molecule has 2 heterocycles. The lowest BCUT2D eigenvalue weighted by Crippen LogP contribution is -2.38. The summed E-state index contributed by atoms with van der Waals surface area (Å²) in [5.74, 6) is 1.76. The van der Waals surface area contributed by atoms with Crippen molar-refractivity contribution < 1.29 is 5.11 Å². The summed E-state index contributed by atoms with van der Waals surface area (Å²) in [6.45, 7) is 11.1. The second kappa shape index (κ2) is 11.4. The number of hydrogen-bond donors (Lipinski definition) is 2. The van der Waals surface area contributed by atoms with Gasteiger partial charge in [-0.05, 0) is 49.3 Å². The number of benzene rings is 1. The van der Waals surface area contributed by atoms with E-state index in [1.165, 1.54) is 16.8 Å². The van der Waals surface area contributed by atoms with Crippen LogP contribution in [0.3, 0.4) is 0 Å². The highest BCUT2D eigenvalue weighted by Crippen LogP contribution is 2.23. The molecule has 1 aliphatic heterocycles. The molecular formula is C25H40N6O. The Morgan fingerprint density at radius 1 is 1.25 bits per heavy atom. The molecule has 7 nitrogen and oxygen atoms in total. The van der Waals surface area contributed by atoms with Crippen LogP contribution in [0, 0.1) is 5.92 Å². The molecule has 0 atom stereocenters. The third-order valence-corrected chi connectivity index (χ3v) is 6.17. The van der Waals surface area contributed by atoms with E-state index in [1.54, 1.807) is 0 Å². The number of nitrogens with one attached hydrogen (secondary N) is 1. The summed E-state index contributed by atoms with van der Waals surface area (Å²) in [7, 11) is 4.06. The van der Waals surface area contributed by atoms with Gasteiger partial charge in [-0.1, -0.05) is 26.0 Å². The van der Waals surface area contributed by atoms with Crippen LogP contribution in [0.25, 0.3) is 0 Å². The van der Waals surface area contributed by atoms with Gasteiger partial charge in [0, 0.05) is 64.3 Å². The molecule has 0 amide bonds. The highest BCUT2D eigenvalue weighted by atomic mass is 16.3. The number of aromatic nitrogens is 2. The van der Waals surface area contributed by atoms with Gasteiger partial charge in [-0.25, -0.2) is 4.99 Å². The number of guanidine groups is 1. The van der Waals surface area contributed by atoms with Crippen LogP contribution in [0.4, 0.5) is 5.69 Å². The summed E-state index contributed by atoms with van der Waals surface area (Å²) in [6.07, 6.45) is 4.24. The van der Waals surface area contributed by atoms with Crippen LogP contribution in [0.5, 0.6) is 0 Å². The Kier molecular flexibility index (Phi) is 8.56. The van der Waals surface area contributed by atoms with Gasteiger partial charge in [0.25, 0.3) is 0 Å². The molecule has 0 radical (unpaired) electrons. The Balaban J connectivity index is 1.63. The predicted octanol–water partition coefficient (Wildman–Crippen LogP) is 3.35. The van der Waals surface area contributed by atoms with E-state index in [0.717, 1.165) is 50.7 Å². The van der Waals surface area contributed by atoms with Gasteiger partial charge >= 0.3 is 0 Å². The largest absolute Gasteiger partial charge is 0.396 e. The molecular weight excluding hydrogens is 400 g/mol. The van der Waals surface area contributed by atoms with E-state index in [2.05, 4.69) is 78.5 Å². The molecule has 1 fully saturated rings. The lowest BCUT2D eigenvalue weighted by molar-refractivity contribution is 0.203. The molecule has 3 rings (SSSR count). The predicted molar refractivity (Wildman–Crippen MR) is 132 cm³/mol. The third-order valence-electron chi connectivity index (χ3n) is 6.17. The summed E-state index contributed by atoms with van der Waals surface area (Å²) in [4.78, 5) is 9.47. The number of piperidine rings is 1. The van der Waals surface area contributed by atoms with Crippen LogP contribution in [0.15, 0.2) is 35.5 Å². The highest BCUT2D eigenvalue weighted by molar-refractivity contribution is 5.79. The summed E-state index contributed by atoms with van der Waals surface area (Å²) in [6, 6.07) is 8.76. The molecule has 1 saturated heterocycles. The van der Waals surface area contributed by atoms with Crippen molar-refractivity contribution in [2.75, 3.05) is 38.2 Å². The Morgan fingerprint density at radius 3 is 2.53 bits per heavy atom. The maximum absolute atomic E-state index is 9.34. The van der Waals surface area contributed by atoms with Crippen LogP contribution in [0.2, 0.25) is 0 Å². The number of anilines is 1. The van der Waals surface area contributed by atoms with Crippen molar-refractivity contribution in [1.29, 1.82) is 0 Å². The number of aliphatic hydroxyl groups excluding tert-OH is 1. The molecule has 0 spiro atoms. The minimum Gasteiger partial charge on any atom is -0.396 e. The van der Waals surface area contributed by atoms with Crippen LogP contribution < -0.4 is 10.2 Å². The van der Waals surface area contributed by atoms with Gasteiger partial charge in [0.15, 0.2) is 5.96 Å². The molecule has 0 unspecified atom stereocenters. The van der Waals surface area contributed by atoms with E-state index in [1.807, 2.05) is 11.7 Å². The molecule has 1 aromatic heterocycles. The van der Waals surface area contributed by atoms with E-state index in [-0.39, 0.29) is 0 Å². The van der Waals surface area contributed by atoms with Crippen LogP contribution in [-0.2, 0) is 20.1 Å². The van der Waals surface area contributed by atoms with Gasteiger partial charge in [0.2, 0.25) is 0 Å². The lowest BCUT2D eigenvalue weighted by atomic mass is 9.97. The molecule has 2 aromatic rings. The molecule has 7 heteroatoms. The Morgan fingerprint density at radius 2 is 1.94 bits per heavy atom. The normalized spacial score (nSPS) is 15.5. The first kappa shape index (κ1) is 24.1. The van der Waals surface area contributed by atoms with Crippen molar-refractivity contribution in [2.24, 2.45) is 18.0 Å². The van der Waals surface area contributed by atoms with E-state index in [9.17, 15) is 5.11 Å². The summed E-state index contributed by atoms with van der Waals surface area (Å²) >= 11 is 0. The zero-order valence-corrected chi connectivity index (χ0v) is 20.4. The van der Waals surface area contributed by atoms with Gasteiger partial charge < -0.3 is 20.2 Å². The van der Waals surface area contributed by atoms with E-state index in [4.69, 9.17) is 4.99 Å². The summed E-state index contributed by atoms with van der Waals surface area (Å²) < 4.78 is 1.90. The van der Waals surface area contributed by atoms with Crippen LogP contribution in [-0.4, -0.2) is 59.0 Å². The quantitative estimate of drug-likeness (QED) is 0.487. The van der Waals surface area contributed by atoms with E-state index in [0.29, 0.717) is 25.0 Å². The fourth-order valence-electron chi connectivity index (χ4n) is 4.31. The minimum atomic E-state index is 0.312. The van der Waals surface area contributed by atoms with Gasteiger partial charge in [0.05, 0.1) is 12.2 Å². The van der Waals surface area contributed by atoms with Crippen molar-refractivity contribution in [3.63, 3.8) is 0 Å². The maximum atomic E-state index is 9.34. The highest BCUT2D eigenvalue weighted by Gasteiger charge is 2.19. The monoisotopic (exact) mass is 440 g/mol. The maximum Gasteiger partial charge on any atom is 0.194 e. The van der Waals surface area contributed by atoms with Crippen LogP contribution >= 0.6 is 0 Å². The lowest BCUT2D eigenvalue weighted by Gasteiger charge is -2.32. The third kappa shape index (κ3) is 6.25. The number of rotatable bonds is 8. The first-order chi connectivity index (χ1) is 15.4. The fraction of sp³-hybridized carbons (Fsp3) is 0.600. The van der Waals surface area contributed by atoms with Crippen molar-refractivity contribution in [3.8, 4) is 0 Å². The zero-order chi connectivity index (χ0) is 23.1. The minimum absolute atomic E-state index is 0.312. The standard InChI is InChI=1S/C25H40N6O/c1-6-26-25(29(4)16-22-17-30(5)28-24(22)19(2)3)27-15-20-7-9-23(10-8-20)31-13-11-21(18-32)12-14-31/h7-10,17,19,21,32H,6,11-16,18H2,1-5H3,(H,26,27). The topological polar surface area (TPSA) is 68.9 Å². The first-order valence-corrected chi connectivity index (χ1v) is 11.9. The number of aliphatic imine (C=N–C) groups is 1. The van der Waals surface area contributed by atoms with E-state index < -0.39 is 0 Å². The molecule has 0 bridgehead atoms. The molecule has 0 aliphatic carbocycles.